The van der Waals surface area contributed by atoms with E-state index >= 15 is 0 Å². The van der Waals surface area contributed by atoms with Crippen LogP contribution in [0.5, 0.6) is 0 Å². The van der Waals surface area contributed by atoms with Gasteiger partial charge in [0, 0.05) is 42.8 Å². The quantitative estimate of drug-likeness (QED) is 0.212. The first-order valence-electron chi connectivity index (χ1n) is 11.1. The van der Waals surface area contributed by atoms with E-state index in [1.165, 1.54) is 21.6 Å². The van der Waals surface area contributed by atoms with Gasteiger partial charge in [-0.1, -0.05) is 6.92 Å². The molecule has 34 heavy (non-hydrogen) atoms. The number of nitrogens with one attached hydrogen (secondary N) is 3. The lowest BCUT2D eigenvalue weighted by molar-refractivity contribution is -0.158. The van der Waals surface area contributed by atoms with Crippen molar-refractivity contribution in [2.24, 2.45) is 17.6 Å². The highest BCUT2D eigenvalue weighted by atomic mass is 32.2. The number of thioether (sulfide) groups is 1. The maximum absolute atomic E-state index is 13.0. The van der Waals surface area contributed by atoms with E-state index < -0.39 is 23.8 Å². The van der Waals surface area contributed by atoms with Crippen LogP contribution in [-0.2, 0) is 24.0 Å². The summed E-state index contributed by atoms with van der Waals surface area (Å²) >= 11 is 1.41. The largest absolute Gasteiger partial charge is 0.477 e. The molecule has 6 atom stereocenters. The van der Waals surface area contributed by atoms with Crippen molar-refractivity contribution in [3.63, 3.8) is 0 Å². The molecule has 2 fully saturated rings. The van der Waals surface area contributed by atoms with Crippen LogP contribution in [0.1, 0.15) is 20.3 Å². The van der Waals surface area contributed by atoms with Gasteiger partial charge >= 0.3 is 5.97 Å². The van der Waals surface area contributed by atoms with Crippen LogP contribution in [0.15, 0.2) is 10.6 Å². The van der Waals surface area contributed by atoms with E-state index in [-0.39, 0.29) is 59.8 Å². The van der Waals surface area contributed by atoms with Gasteiger partial charge in [-0.2, -0.15) is 0 Å². The summed E-state index contributed by atoms with van der Waals surface area (Å²) in [4.78, 5) is 63.8. The molecule has 0 aromatic heterocycles. The molecule has 0 aromatic carbocycles. The Morgan fingerprint density at radius 2 is 1.97 bits per heavy atom. The van der Waals surface area contributed by atoms with Gasteiger partial charge in [-0.3, -0.25) is 24.5 Å². The van der Waals surface area contributed by atoms with Crippen LogP contribution in [0.2, 0.25) is 0 Å². The molecule has 3 aliphatic rings. The predicted octanol–water partition coefficient (Wildman–Crippen LogP) is -2.11. The van der Waals surface area contributed by atoms with Crippen LogP contribution in [0.4, 0.5) is 0 Å². The third-order valence-corrected chi connectivity index (χ3v) is 7.94. The van der Waals surface area contributed by atoms with Crippen molar-refractivity contribution < 1.29 is 29.1 Å². The highest BCUT2D eigenvalue weighted by molar-refractivity contribution is 8.03. The number of fused-ring (bicyclic) bond motifs is 1. The highest BCUT2D eigenvalue weighted by Gasteiger charge is 2.60. The molecule has 3 heterocycles. The van der Waals surface area contributed by atoms with Crippen LogP contribution in [0.3, 0.4) is 0 Å². The summed E-state index contributed by atoms with van der Waals surface area (Å²) < 4.78 is 0. The molecule has 2 saturated heterocycles. The molecule has 13 heteroatoms. The number of aliphatic carboxylic acids is 1. The number of hydrogen-bond donors (Lipinski definition) is 5. The summed E-state index contributed by atoms with van der Waals surface area (Å²) in [7, 11) is 3.39. The van der Waals surface area contributed by atoms with E-state index in [2.05, 4.69) is 16.0 Å². The number of nitrogens with zero attached hydrogens (tertiary/aromatic N) is 2. The van der Waals surface area contributed by atoms with Gasteiger partial charge in [0.1, 0.15) is 5.70 Å². The summed E-state index contributed by atoms with van der Waals surface area (Å²) in [6.07, 6.45) is 0.567. The zero-order valence-electron chi connectivity index (χ0n) is 19.7. The number of hydrogen-bond acceptors (Lipinski definition) is 8. The number of nitrogens with two attached hydrogens (primary N) is 1. The van der Waals surface area contributed by atoms with E-state index in [0.717, 1.165) is 0 Å². The standard InChI is InChI=1S/C21H32N6O6S/c1-9-16-15(10(2)25-14(29)8-23-7-13(22)28)20(31)27(16)17(21(32)33)18(9)34-11-5-12(24-6-11)19(30)26(3)4/h9-12,15-16,23-24H,5-8H2,1-4H3,(H2,22,28)(H,25,29)(H,32,33)/t9-,10-,11+,12+,15-,16-/m1/s1. The van der Waals surface area contributed by atoms with Crippen LogP contribution in [0.25, 0.3) is 0 Å². The molecule has 4 amide bonds. The Balaban J connectivity index is 1.67. The average Bonchev–Trinajstić information content (AvgIpc) is 3.29. The molecule has 12 nitrogen and oxygen atoms in total. The van der Waals surface area contributed by atoms with Crippen LogP contribution in [0, 0.1) is 11.8 Å². The van der Waals surface area contributed by atoms with Gasteiger partial charge in [0.15, 0.2) is 0 Å². The normalized spacial score (nSPS) is 28.9. The molecule has 188 valence electrons. The number of likely N-dealkylation sites (N-methyl/N-ethyl adjacent to an activating group) is 1. The Labute approximate surface area is 202 Å². The smallest absolute Gasteiger partial charge is 0.353 e. The molecule has 0 spiro atoms. The van der Waals surface area contributed by atoms with E-state index in [9.17, 15) is 29.1 Å². The molecule has 0 aromatic rings. The fourth-order valence-corrected chi connectivity index (χ4v) is 6.34. The van der Waals surface area contributed by atoms with Crippen LogP contribution in [-0.4, -0.2) is 102 Å². The fourth-order valence-electron chi connectivity index (χ4n) is 4.86. The van der Waals surface area contributed by atoms with E-state index in [0.29, 0.717) is 17.9 Å². The Bertz CT molecular complexity index is 923. The van der Waals surface area contributed by atoms with Crippen molar-refractivity contribution in [3.05, 3.63) is 10.6 Å². The van der Waals surface area contributed by atoms with Gasteiger partial charge in [-0.15, -0.1) is 11.8 Å². The summed E-state index contributed by atoms with van der Waals surface area (Å²) in [5.41, 5.74) is 5.03. The summed E-state index contributed by atoms with van der Waals surface area (Å²) in [6, 6.07) is -1.21. The summed E-state index contributed by atoms with van der Waals surface area (Å²) in [5.74, 6) is -3.29. The molecular formula is C21H32N6O6S. The zero-order valence-corrected chi connectivity index (χ0v) is 20.5. The lowest BCUT2D eigenvalue weighted by Crippen LogP contribution is -2.66. The number of primary amides is 1. The number of amides is 4. The third-order valence-electron chi connectivity index (χ3n) is 6.43. The number of carbonyl (C=O) groups is 5. The first kappa shape index (κ1) is 26.0. The third kappa shape index (κ3) is 5.05. The van der Waals surface area contributed by atoms with Gasteiger partial charge in [-0.05, 0) is 13.3 Å². The zero-order chi connectivity index (χ0) is 25.3. The first-order valence-corrected chi connectivity index (χ1v) is 12.0. The van der Waals surface area contributed by atoms with Crippen molar-refractivity contribution in [2.45, 2.75) is 43.6 Å². The lowest BCUT2D eigenvalue weighted by atomic mass is 9.78. The Morgan fingerprint density at radius 1 is 1.29 bits per heavy atom. The highest BCUT2D eigenvalue weighted by Crippen LogP contribution is 2.51. The van der Waals surface area contributed by atoms with E-state index in [1.54, 1.807) is 21.0 Å². The summed E-state index contributed by atoms with van der Waals surface area (Å²) in [6.45, 7) is 3.90. The van der Waals surface area contributed by atoms with Crippen molar-refractivity contribution in [1.29, 1.82) is 0 Å². The minimum atomic E-state index is -1.16. The molecule has 0 unspecified atom stereocenters. The summed E-state index contributed by atoms with van der Waals surface area (Å²) in [5, 5.41) is 18.4. The van der Waals surface area contributed by atoms with Crippen molar-refractivity contribution in [3.8, 4) is 0 Å². The van der Waals surface area contributed by atoms with Crippen molar-refractivity contribution in [1.82, 2.24) is 25.8 Å². The lowest BCUT2D eigenvalue weighted by Gasteiger charge is -2.47. The first-order chi connectivity index (χ1) is 15.9. The molecular weight excluding hydrogens is 464 g/mol. The number of carboxylic acids is 1. The Hall–Kier alpha value is -2.64. The average molecular weight is 497 g/mol. The minimum absolute atomic E-state index is 0.00130. The van der Waals surface area contributed by atoms with Gasteiger partial charge in [0.05, 0.1) is 31.1 Å². The Morgan fingerprint density at radius 3 is 2.56 bits per heavy atom. The van der Waals surface area contributed by atoms with Crippen LogP contribution >= 0.6 is 11.8 Å². The molecule has 0 aliphatic carbocycles. The monoisotopic (exact) mass is 496 g/mol. The molecule has 3 aliphatic heterocycles. The molecule has 0 radical (unpaired) electrons. The second-order valence-electron chi connectivity index (χ2n) is 9.13. The number of carbonyl (C=O) groups excluding carboxylic acids is 4. The van der Waals surface area contributed by atoms with Gasteiger partial charge < -0.3 is 31.3 Å². The maximum atomic E-state index is 13.0. The minimum Gasteiger partial charge on any atom is -0.477 e. The second kappa shape index (κ2) is 10.3. The molecule has 3 rings (SSSR count). The maximum Gasteiger partial charge on any atom is 0.353 e. The molecule has 0 bridgehead atoms. The fraction of sp³-hybridized carbons (Fsp3) is 0.667. The molecule has 6 N–H and O–H groups in total. The van der Waals surface area contributed by atoms with Gasteiger partial charge in [0.25, 0.3) is 0 Å². The number of β-lactam (4-membered cyclic amide) rings is 1. The molecule has 0 saturated carbocycles. The van der Waals surface area contributed by atoms with E-state index in [1.807, 2.05) is 6.92 Å². The number of carboxylic acid groups (broad SMARTS) is 1. The van der Waals surface area contributed by atoms with Crippen LogP contribution < -0.4 is 21.7 Å². The van der Waals surface area contributed by atoms with Crippen molar-refractivity contribution in [2.75, 3.05) is 33.7 Å². The second-order valence-corrected chi connectivity index (χ2v) is 10.5. The Kier molecular flexibility index (Phi) is 7.88. The topological polar surface area (TPSA) is 174 Å². The number of rotatable bonds is 10. The van der Waals surface area contributed by atoms with Crippen molar-refractivity contribution >= 4 is 41.4 Å². The SMILES string of the molecule is C[C@@H](NC(=O)CNCC(N)=O)[C@H]1C(=O)N2C(C(=O)O)=C(S[C@@H]3CN[C@H](C(=O)N(C)C)C3)[C@H](C)[C@H]12. The van der Waals surface area contributed by atoms with Gasteiger partial charge in [0.2, 0.25) is 23.6 Å². The predicted molar refractivity (Wildman–Crippen MR) is 124 cm³/mol. The van der Waals surface area contributed by atoms with E-state index in [4.69, 9.17) is 5.73 Å². The van der Waals surface area contributed by atoms with Gasteiger partial charge in [-0.25, -0.2) is 4.79 Å².